The Labute approximate surface area is 408 Å². The van der Waals surface area contributed by atoms with Crippen LogP contribution in [0.25, 0.3) is 0 Å². The SMILES string of the molecule is CC/C=C/C=C/C=C/C=C/CCCCCCCC(=O)OC[C@H](CO[C@H]1O[C@@H](CO[C@H]2O[C@@H](CO)[C@@H](O)C(O)C2O)[C@@H](O)C(O)C1O)OC(=O)CCCCCCCCCCCCCCCCCCC. The van der Waals surface area contributed by atoms with E-state index in [1.54, 1.807) is 0 Å². The highest BCUT2D eigenvalue weighted by Gasteiger charge is 2.47. The van der Waals surface area contributed by atoms with Crippen molar-refractivity contribution in [2.75, 3.05) is 26.4 Å². The molecule has 394 valence electrons. The first-order chi connectivity index (χ1) is 33.0. The molecule has 0 aromatic heterocycles. The van der Waals surface area contributed by atoms with Crippen molar-refractivity contribution in [1.29, 1.82) is 0 Å². The zero-order chi connectivity index (χ0) is 49.6. The number of hydrogen-bond acceptors (Lipinski definition) is 15. The van der Waals surface area contributed by atoms with Gasteiger partial charge in [0.1, 0.15) is 55.4 Å². The number of carbonyl (C=O) groups is 2. The Bertz CT molecular complexity index is 1370. The standard InChI is InChI=1S/C53H92O15/c1-3-5-7-9-11-13-15-17-19-20-22-24-26-28-30-32-34-36-45(56)66-41(38-63-44(55)35-33-31-29-27-25-23-21-18-16-14-12-10-8-6-4-2)39-64-52-51(62)49(60)47(58)43(68-52)40-65-53-50(61)48(59)46(57)42(37-54)67-53/h6,8,10,12,14,16,18,21,41-43,46-54,57-62H,3-5,7,9,11,13,15,17,19-20,22-40H2,1-2H3/b8-6+,12-10+,16-14+,21-18+/t41-,42+,43+,46-,47-,48?,49?,50?,51?,52+,53+/m1/s1. The number of unbranched alkanes of at least 4 members (excludes halogenated alkanes) is 21. The summed E-state index contributed by atoms with van der Waals surface area (Å²) in [7, 11) is 0. The molecule has 11 atom stereocenters. The van der Waals surface area contributed by atoms with Gasteiger partial charge in [-0.15, -0.1) is 0 Å². The molecule has 0 aliphatic carbocycles. The molecule has 2 saturated heterocycles. The molecule has 0 aromatic rings. The van der Waals surface area contributed by atoms with E-state index in [4.69, 9.17) is 28.4 Å². The van der Waals surface area contributed by atoms with Crippen LogP contribution in [0.3, 0.4) is 0 Å². The van der Waals surface area contributed by atoms with Gasteiger partial charge in [-0.05, 0) is 32.1 Å². The van der Waals surface area contributed by atoms with Crippen molar-refractivity contribution in [3.63, 3.8) is 0 Å². The number of aliphatic hydroxyl groups is 7. The van der Waals surface area contributed by atoms with Crippen LogP contribution < -0.4 is 0 Å². The third-order valence-corrected chi connectivity index (χ3v) is 12.4. The first-order valence-corrected chi connectivity index (χ1v) is 26.3. The minimum Gasteiger partial charge on any atom is -0.462 e. The van der Waals surface area contributed by atoms with Gasteiger partial charge in [-0.3, -0.25) is 9.59 Å². The van der Waals surface area contributed by atoms with E-state index in [-0.39, 0.29) is 26.1 Å². The van der Waals surface area contributed by atoms with Gasteiger partial charge < -0.3 is 64.2 Å². The quantitative estimate of drug-likeness (QED) is 0.0179. The van der Waals surface area contributed by atoms with Crippen LogP contribution in [0.15, 0.2) is 48.6 Å². The number of aliphatic hydroxyl groups excluding tert-OH is 7. The maximum atomic E-state index is 13.0. The lowest BCUT2D eigenvalue weighted by Crippen LogP contribution is -2.61. The van der Waals surface area contributed by atoms with E-state index in [2.05, 4.69) is 26.0 Å². The van der Waals surface area contributed by atoms with E-state index < -0.39 is 92.7 Å². The van der Waals surface area contributed by atoms with Crippen molar-refractivity contribution >= 4 is 11.9 Å². The minimum absolute atomic E-state index is 0.161. The second kappa shape index (κ2) is 40.1. The van der Waals surface area contributed by atoms with Crippen molar-refractivity contribution in [2.45, 2.75) is 248 Å². The summed E-state index contributed by atoms with van der Waals surface area (Å²) in [5.74, 6) is -0.949. The summed E-state index contributed by atoms with van der Waals surface area (Å²) in [4.78, 5) is 25.8. The number of esters is 2. The van der Waals surface area contributed by atoms with E-state index in [0.717, 1.165) is 57.8 Å². The number of allylic oxidation sites excluding steroid dienone is 8. The fraction of sp³-hybridized carbons (Fsp3) is 0.811. The number of carbonyl (C=O) groups excluding carboxylic acids is 2. The molecule has 7 N–H and O–H groups in total. The van der Waals surface area contributed by atoms with Gasteiger partial charge in [-0.25, -0.2) is 0 Å². The summed E-state index contributed by atoms with van der Waals surface area (Å²) in [6.07, 6.45) is 27.1. The van der Waals surface area contributed by atoms with Crippen molar-refractivity contribution in [2.24, 2.45) is 0 Å². The highest BCUT2D eigenvalue weighted by atomic mass is 16.7. The Morgan fingerprint density at radius 2 is 0.926 bits per heavy atom. The monoisotopic (exact) mass is 969 g/mol. The van der Waals surface area contributed by atoms with Crippen LogP contribution in [0.5, 0.6) is 0 Å². The molecule has 15 heteroatoms. The molecule has 68 heavy (non-hydrogen) atoms. The molecule has 0 bridgehead atoms. The van der Waals surface area contributed by atoms with E-state index in [0.29, 0.717) is 12.8 Å². The molecular formula is C53H92O15. The molecule has 2 rings (SSSR count). The maximum Gasteiger partial charge on any atom is 0.306 e. The Hall–Kier alpha value is -2.54. The molecule has 0 saturated carbocycles. The van der Waals surface area contributed by atoms with E-state index in [1.807, 2.05) is 36.5 Å². The van der Waals surface area contributed by atoms with E-state index in [9.17, 15) is 45.3 Å². The molecule has 2 aliphatic rings. The summed E-state index contributed by atoms with van der Waals surface area (Å²) in [5.41, 5.74) is 0. The van der Waals surface area contributed by atoms with Crippen LogP contribution in [0.4, 0.5) is 0 Å². The van der Waals surface area contributed by atoms with Gasteiger partial charge in [0.05, 0.1) is 19.8 Å². The molecule has 2 heterocycles. The second-order valence-electron chi connectivity index (χ2n) is 18.4. The molecule has 4 unspecified atom stereocenters. The van der Waals surface area contributed by atoms with Crippen molar-refractivity contribution in [3.05, 3.63) is 48.6 Å². The molecular weight excluding hydrogens is 877 g/mol. The maximum absolute atomic E-state index is 13.0. The van der Waals surface area contributed by atoms with Gasteiger partial charge in [0.25, 0.3) is 0 Å². The molecule has 0 spiro atoms. The average Bonchev–Trinajstić information content (AvgIpc) is 3.33. The third kappa shape index (κ3) is 27.7. The van der Waals surface area contributed by atoms with Gasteiger partial charge in [0.15, 0.2) is 18.7 Å². The third-order valence-electron chi connectivity index (χ3n) is 12.4. The van der Waals surface area contributed by atoms with Crippen molar-refractivity contribution in [1.82, 2.24) is 0 Å². The lowest BCUT2D eigenvalue weighted by atomic mass is 9.98. The molecule has 0 amide bonds. The predicted octanol–water partition coefficient (Wildman–Crippen LogP) is 7.49. The summed E-state index contributed by atoms with van der Waals surface area (Å²) in [6, 6.07) is 0. The van der Waals surface area contributed by atoms with E-state index >= 15 is 0 Å². The fourth-order valence-corrected chi connectivity index (χ4v) is 8.11. The zero-order valence-electron chi connectivity index (χ0n) is 41.6. The Kier molecular flexibility index (Phi) is 36.3. The van der Waals surface area contributed by atoms with Crippen LogP contribution in [-0.2, 0) is 38.0 Å². The lowest BCUT2D eigenvalue weighted by molar-refractivity contribution is -0.332. The highest BCUT2D eigenvalue weighted by molar-refractivity contribution is 5.70. The topological polar surface area (TPSA) is 231 Å². The van der Waals surface area contributed by atoms with Crippen LogP contribution in [0, 0.1) is 0 Å². The smallest absolute Gasteiger partial charge is 0.306 e. The first kappa shape index (κ1) is 61.6. The summed E-state index contributed by atoms with van der Waals surface area (Å²) < 4.78 is 33.6. The van der Waals surface area contributed by atoms with Crippen LogP contribution >= 0.6 is 0 Å². The molecule has 2 aliphatic heterocycles. The number of rotatable bonds is 40. The van der Waals surface area contributed by atoms with Crippen LogP contribution in [0.1, 0.15) is 181 Å². The summed E-state index contributed by atoms with van der Waals surface area (Å²) in [6.45, 7) is 2.44. The fourth-order valence-electron chi connectivity index (χ4n) is 8.11. The average molecular weight is 969 g/mol. The minimum atomic E-state index is -1.77. The van der Waals surface area contributed by atoms with Gasteiger partial charge in [0.2, 0.25) is 0 Å². The Morgan fingerprint density at radius 1 is 0.485 bits per heavy atom. The van der Waals surface area contributed by atoms with Gasteiger partial charge >= 0.3 is 11.9 Å². The molecule has 15 nitrogen and oxygen atoms in total. The molecule has 0 radical (unpaired) electrons. The summed E-state index contributed by atoms with van der Waals surface area (Å²) >= 11 is 0. The number of ether oxygens (including phenoxy) is 6. The second-order valence-corrected chi connectivity index (χ2v) is 18.4. The lowest BCUT2D eigenvalue weighted by Gasteiger charge is -2.42. The molecule has 0 aromatic carbocycles. The van der Waals surface area contributed by atoms with Crippen LogP contribution in [-0.4, -0.2) is 142 Å². The Morgan fingerprint density at radius 3 is 1.46 bits per heavy atom. The van der Waals surface area contributed by atoms with Crippen LogP contribution in [0.2, 0.25) is 0 Å². The van der Waals surface area contributed by atoms with Gasteiger partial charge in [-0.2, -0.15) is 0 Å². The first-order valence-electron chi connectivity index (χ1n) is 26.3. The van der Waals surface area contributed by atoms with Crippen molar-refractivity contribution in [3.8, 4) is 0 Å². The summed E-state index contributed by atoms with van der Waals surface area (Å²) in [5, 5.41) is 72.1. The van der Waals surface area contributed by atoms with Gasteiger partial charge in [0, 0.05) is 12.8 Å². The highest BCUT2D eigenvalue weighted by Crippen LogP contribution is 2.26. The normalized spacial score (nSPS) is 26.1. The predicted molar refractivity (Wildman–Crippen MR) is 261 cm³/mol. The largest absolute Gasteiger partial charge is 0.462 e. The molecule has 2 fully saturated rings. The van der Waals surface area contributed by atoms with Gasteiger partial charge in [-0.1, -0.05) is 184 Å². The number of hydrogen-bond donors (Lipinski definition) is 7. The Balaban J connectivity index is 1.81. The van der Waals surface area contributed by atoms with E-state index in [1.165, 1.54) is 83.5 Å². The van der Waals surface area contributed by atoms with Crippen molar-refractivity contribution < 1.29 is 73.8 Å². The zero-order valence-corrected chi connectivity index (χ0v) is 41.6.